The molecule has 0 saturated carbocycles. The Kier molecular flexibility index (Phi) is 4.39. The van der Waals surface area contributed by atoms with Gasteiger partial charge in [-0.3, -0.25) is 4.79 Å². The van der Waals surface area contributed by atoms with Gasteiger partial charge in [0, 0.05) is 11.1 Å². The quantitative estimate of drug-likeness (QED) is 0.827. The minimum Gasteiger partial charge on any atom is -0.481 e. The summed E-state index contributed by atoms with van der Waals surface area (Å²) < 4.78 is 26.8. The van der Waals surface area contributed by atoms with E-state index < -0.39 is 28.0 Å². The normalized spacial score (nSPS) is 22.1. The van der Waals surface area contributed by atoms with E-state index >= 15 is 0 Å². The third kappa shape index (κ3) is 3.32. The Bertz CT molecular complexity index is 672. The van der Waals surface area contributed by atoms with Crippen LogP contribution in [-0.4, -0.2) is 25.5 Å². The lowest BCUT2D eigenvalue weighted by Crippen LogP contribution is -2.33. The second kappa shape index (κ2) is 5.73. The van der Waals surface area contributed by atoms with Crippen LogP contribution in [0, 0.1) is 5.92 Å². The van der Waals surface area contributed by atoms with E-state index in [1.165, 1.54) is 30.4 Å². The van der Waals surface area contributed by atoms with Gasteiger partial charge in [0.1, 0.15) is 4.90 Å². The fourth-order valence-electron chi connectivity index (χ4n) is 1.92. The molecule has 0 radical (unpaired) electrons. The van der Waals surface area contributed by atoms with Crippen molar-refractivity contribution in [2.45, 2.75) is 17.4 Å². The Morgan fingerprint density at radius 1 is 1.30 bits per heavy atom. The zero-order valence-electron chi connectivity index (χ0n) is 10.1. The zero-order valence-corrected chi connectivity index (χ0v) is 12.4. The fraction of sp³-hybridized carbons (Fsp3) is 0.250. The lowest BCUT2D eigenvalue weighted by molar-refractivity contribution is -0.140. The molecule has 1 aromatic rings. The van der Waals surface area contributed by atoms with Gasteiger partial charge < -0.3 is 5.11 Å². The third-order valence-electron chi connectivity index (χ3n) is 2.89. The maximum Gasteiger partial charge on any atom is 0.310 e. The highest BCUT2D eigenvalue weighted by Gasteiger charge is 2.29. The number of carboxylic acids is 1. The van der Waals surface area contributed by atoms with Gasteiger partial charge in [-0.15, -0.1) is 0 Å². The molecule has 2 N–H and O–H groups in total. The van der Waals surface area contributed by atoms with E-state index in [4.69, 9.17) is 28.3 Å². The highest BCUT2D eigenvalue weighted by atomic mass is 35.5. The summed E-state index contributed by atoms with van der Waals surface area (Å²) in [6.45, 7) is 0. The smallest absolute Gasteiger partial charge is 0.310 e. The predicted octanol–water partition coefficient (Wildman–Crippen LogP) is 2.30. The lowest BCUT2D eigenvalue weighted by atomic mass is 10.1. The first-order chi connectivity index (χ1) is 9.29. The molecule has 5 nitrogen and oxygen atoms in total. The summed E-state index contributed by atoms with van der Waals surface area (Å²) in [4.78, 5) is 10.7. The number of hydrogen-bond donors (Lipinski definition) is 2. The van der Waals surface area contributed by atoms with Crippen molar-refractivity contribution in [2.75, 3.05) is 0 Å². The molecule has 0 amide bonds. The molecule has 0 aliphatic heterocycles. The van der Waals surface area contributed by atoms with Crippen molar-refractivity contribution in [3.63, 3.8) is 0 Å². The van der Waals surface area contributed by atoms with Crippen LogP contribution in [0.4, 0.5) is 0 Å². The Balaban J connectivity index is 2.19. The van der Waals surface area contributed by atoms with Gasteiger partial charge in [0.25, 0.3) is 0 Å². The number of hydrogen-bond acceptors (Lipinski definition) is 3. The average Bonchev–Trinajstić information content (AvgIpc) is 2.80. The van der Waals surface area contributed by atoms with E-state index in [1.807, 2.05) is 0 Å². The molecular weight excluding hydrogens is 325 g/mol. The molecule has 20 heavy (non-hydrogen) atoms. The molecule has 2 unspecified atom stereocenters. The first-order valence-corrected chi connectivity index (χ1v) is 7.92. The van der Waals surface area contributed by atoms with Gasteiger partial charge in [-0.2, -0.15) is 0 Å². The van der Waals surface area contributed by atoms with Gasteiger partial charge >= 0.3 is 5.97 Å². The van der Waals surface area contributed by atoms with Crippen molar-refractivity contribution in [2.24, 2.45) is 5.92 Å². The summed E-state index contributed by atoms with van der Waals surface area (Å²) in [6.07, 6.45) is 3.16. The van der Waals surface area contributed by atoms with Crippen LogP contribution in [0.15, 0.2) is 35.2 Å². The SMILES string of the molecule is O=C(O)C1C=CC(NS(=O)(=O)c2cc(Cl)ccc2Cl)C1. The number of nitrogens with one attached hydrogen (secondary N) is 1. The Morgan fingerprint density at radius 3 is 2.60 bits per heavy atom. The lowest BCUT2D eigenvalue weighted by Gasteiger charge is -2.13. The summed E-state index contributed by atoms with van der Waals surface area (Å²) in [6, 6.07) is 3.55. The summed E-state index contributed by atoms with van der Waals surface area (Å²) in [5.74, 6) is -1.67. The molecule has 1 aromatic carbocycles. The molecule has 0 bridgehead atoms. The molecular formula is C12H11Cl2NO4S. The van der Waals surface area contributed by atoms with E-state index in [0.717, 1.165) is 0 Å². The molecule has 1 aliphatic rings. The molecule has 0 aromatic heterocycles. The number of carboxylic acid groups (broad SMARTS) is 1. The Morgan fingerprint density at radius 2 is 2.00 bits per heavy atom. The van der Waals surface area contributed by atoms with Gasteiger partial charge in [0.05, 0.1) is 10.9 Å². The van der Waals surface area contributed by atoms with Gasteiger partial charge in [-0.1, -0.05) is 35.4 Å². The van der Waals surface area contributed by atoms with Crippen molar-refractivity contribution in [1.82, 2.24) is 4.72 Å². The van der Waals surface area contributed by atoms with Gasteiger partial charge in [-0.05, 0) is 24.6 Å². The van der Waals surface area contributed by atoms with Crippen LogP contribution in [0.5, 0.6) is 0 Å². The van der Waals surface area contributed by atoms with E-state index in [-0.39, 0.29) is 21.4 Å². The molecule has 2 rings (SSSR count). The largest absolute Gasteiger partial charge is 0.481 e. The number of carbonyl (C=O) groups is 1. The molecule has 0 heterocycles. The van der Waals surface area contributed by atoms with Gasteiger partial charge in [0.2, 0.25) is 10.0 Å². The van der Waals surface area contributed by atoms with Crippen LogP contribution >= 0.6 is 23.2 Å². The van der Waals surface area contributed by atoms with Crippen molar-refractivity contribution in [3.05, 3.63) is 40.4 Å². The van der Waals surface area contributed by atoms with Crippen molar-refractivity contribution in [1.29, 1.82) is 0 Å². The van der Waals surface area contributed by atoms with E-state index in [0.29, 0.717) is 0 Å². The average molecular weight is 336 g/mol. The first-order valence-electron chi connectivity index (χ1n) is 5.68. The molecule has 0 fully saturated rings. The topological polar surface area (TPSA) is 83.5 Å². The van der Waals surface area contributed by atoms with Crippen molar-refractivity contribution >= 4 is 39.2 Å². The monoisotopic (exact) mass is 335 g/mol. The van der Waals surface area contributed by atoms with Crippen LogP contribution in [0.2, 0.25) is 10.0 Å². The number of rotatable bonds is 4. The standard InChI is InChI=1S/C12H11Cl2NO4S/c13-8-2-4-10(14)11(6-8)20(18,19)15-9-3-1-7(5-9)12(16)17/h1-4,6-7,9,15H,5H2,(H,16,17). The highest BCUT2D eigenvalue weighted by molar-refractivity contribution is 7.89. The zero-order chi connectivity index (χ0) is 14.9. The maximum atomic E-state index is 12.2. The first kappa shape index (κ1) is 15.3. The van der Waals surface area contributed by atoms with Crippen molar-refractivity contribution < 1.29 is 18.3 Å². The summed E-state index contributed by atoms with van der Waals surface area (Å²) >= 11 is 11.6. The number of halogens is 2. The molecule has 0 spiro atoms. The van der Waals surface area contributed by atoms with Crippen LogP contribution in [0.25, 0.3) is 0 Å². The summed E-state index contributed by atoms with van der Waals surface area (Å²) in [7, 11) is -3.86. The molecule has 0 saturated heterocycles. The Labute approximate surface area is 126 Å². The molecule has 1 aliphatic carbocycles. The highest BCUT2D eigenvalue weighted by Crippen LogP contribution is 2.26. The van der Waals surface area contributed by atoms with E-state index in [2.05, 4.69) is 4.72 Å². The van der Waals surface area contributed by atoms with E-state index in [9.17, 15) is 13.2 Å². The number of aliphatic carboxylic acids is 1. The minimum absolute atomic E-state index is 0.0543. The van der Waals surface area contributed by atoms with Gasteiger partial charge in [-0.25, -0.2) is 13.1 Å². The predicted molar refractivity (Wildman–Crippen MR) is 75.5 cm³/mol. The fourth-order valence-corrected chi connectivity index (χ4v) is 3.88. The molecule has 108 valence electrons. The third-order valence-corrected chi connectivity index (χ3v) is 5.10. The second-order valence-corrected chi connectivity index (χ2v) is 6.89. The molecule has 8 heteroatoms. The summed E-state index contributed by atoms with van der Waals surface area (Å²) in [5, 5.41) is 9.16. The summed E-state index contributed by atoms with van der Waals surface area (Å²) in [5.41, 5.74) is 0. The molecule has 2 atom stereocenters. The number of sulfonamides is 1. The van der Waals surface area contributed by atoms with Gasteiger partial charge in [0.15, 0.2) is 0 Å². The van der Waals surface area contributed by atoms with Crippen LogP contribution in [0.3, 0.4) is 0 Å². The Hall–Kier alpha value is -1.08. The number of benzene rings is 1. The maximum absolute atomic E-state index is 12.2. The van der Waals surface area contributed by atoms with Crippen LogP contribution in [0.1, 0.15) is 6.42 Å². The second-order valence-electron chi connectivity index (χ2n) is 4.37. The van der Waals surface area contributed by atoms with Crippen LogP contribution in [-0.2, 0) is 14.8 Å². The van der Waals surface area contributed by atoms with E-state index in [1.54, 1.807) is 0 Å². The minimum atomic E-state index is -3.86. The van der Waals surface area contributed by atoms with Crippen molar-refractivity contribution in [3.8, 4) is 0 Å². The van der Waals surface area contributed by atoms with Crippen LogP contribution < -0.4 is 4.72 Å².